The van der Waals surface area contributed by atoms with Crippen LogP contribution >= 0.6 is 0 Å². The molecule has 0 amide bonds. The Bertz CT molecular complexity index is 652. The first-order valence-electron chi connectivity index (χ1n) is 9.86. The van der Waals surface area contributed by atoms with E-state index >= 15 is 0 Å². The van der Waals surface area contributed by atoms with Crippen LogP contribution in [0.25, 0.3) is 0 Å². The lowest BCUT2D eigenvalue weighted by molar-refractivity contribution is -0.186. The molecule has 0 radical (unpaired) electrons. The number of carbonyl (C=O) groups is 2. The van der Waals surface area contributed by atoms with Crippen molar-refractivity contribution < 1.29 is 19.8 Å². The summed E-state index contributed by atoms with van der Waals surface area (Å²) in [6.07, 6.45) is 8.37. The molecule has 0 aromatic carbocycles. The van der Waals surface area contributed by atoms with Crippen LogP contribution in [0.5, 0.6) is 0 Å². The lowest BCUT2D eigenvalue weighted by Crippen LogP contribution is -2.61. The monoisotopic (exact) mass is 346 g/mol. The van der Waals surface area contributed by atoms with Crippen molar-refractivity contribution >= 4 is 11.6 Å². The van der Waals surface area contributed by atoms with E-state index in [4.69, 9.17) is 0 Å². The first kappa shape index (κ1) is 17.4. The molecule has 138 valence electrons. The fourth-order valence-corrected chi connectivity index (χ4v) is 7.16. The van der Waals surface area contributed by atoms with E-state index in [9.17, 15) is 19.8 Å². The summed E-state index contributed by atoms with van der Waals surface area (Å²) < 4.78 is 0. The Morgan fingerprint density at radius 1 is 1.12 bits per heavy atom. The van der Waals surface area contributed by atoms with E-state index in [-0.39, 0.29) is 28.8 Å². The Balaban J connectivity index is 1.71. The van der Waals surface area contributed by atoms with E-state index in [0.717, 1.165) is 32.1 Å². The van der Waals surface area contributed by atoms with Gasteiger partial charge in [0.1, 0.15) is 6.61 Å². The zero-order valence-corrected chi connectivity index (χ0v) is 15.4. The highest BCUT2D eigenvalue weighted by atomic mass is 16.3. The molecule has 4 aliphatic rings. The highest BCUT2D eigenvalue weighted by Crippen LogP contribution is 2.68. The second-order valence-corrected chi connectivity index (χ2v) is 9.40. The Morgan fingerprint density at radius 3 is 2.60 bits per heavy atom. The van der Waals surface area contributed by atoms with Crippen LogP contribution in [0.3, 0.4) is 0 Å². The Hall–Kier alpha value is -1.00. The van der Waals surface area contributed by atoms with Gasteiger partial charge in [0, 0.05) is 17.8 Å². The van der Waals surface area contributed by atoms with Crippen LogP contribution in [-0.4, -0.2) is 34.0 Å². The summed E-state index contributed by atoms with van der Waals surface area (Å²) in [6.45, 7) is 3.95. The highest BCUT2D eigenvalue weighted by Gasteiger charge is 2.67. The number of ketones is 2. The van der Waals surface area contributed by atoms with Crippen LogP contribution in [-0.2, 0) is 9.59 Å². The van der Waals surface area contributed by atoms with Gasteiger partial charge in [0.15, 0.2) is 11.6 Å². The lowest BCUT2D eigenvalue weighted by atomic mass is 9.45. The minimum atomic E-state index is -0.818. The van der Waals surface area contributed by atoms with Crippen molar-refractivity contribution in [2.75, 3.05) is 6.61 Å². The first-order valence-corrected chi connectivity index (χ1v) is 9.86. The predicted molar refractivity (Wildman–Crippen MR) is 93.8 cm³/mol. The summed E-state index contributed by atoms with van der Waals surface area (Å²) in [5.74, 6) is 0.503. The fraction of sp³-hybridized carbons (Fsp3) is 0.810. The second-order valence-electron chi connectivity index (χ2n) is 9.40. The van der Waals surface area contributed by atoms with E-state index in [1.54, 1.807) is 0 Å². The molecule has 3 fully saturated rings. The standard InChI is InChI=1S/C21H30O4/c1-19-8-5-14(23)11-13(19)3-4-16-15(19)6-9-20(2)17(18(24)12-22)7-10-21(16,20)25/h11,15-17,22,25H,3-10,12H2,1-2H3/t15-,16+,17+,19+,20+,21+/m1/s1. The van der Waals surface area contributed by atoms with Crippen molar-refractivity contribution in [3.63, 3.8) is 0 Å². The first-order chi connectivity index (χ1) is 11.8. The molecule has 0 aliphatic heterocycles. The van der Waals surface area contributed by atoms with Gasteiger partial charge in [-0.2, -0.15) is 0 Å². The molecule has 3 saturated carbocycles. The molecule has 4 rings (SSSR count). The van der Waals surface area contributed by atoms with Crippen molar-refractivity contribution in [3.05, 3.63) is 11.6 Å². The molecule has 0 aromatic rings. The minimum Gasteiger partial charge on any atom is -0.389 e. The minimum absolute atomic E-state index is 0.0208. The van der Waals surface area contributed by atoms with E-state index in [2.05, 4.69) is 13.8 Å². The maximum absolute atomic E-state index is 12.3. The zero-order valence-electron chi connectivity index (χ0n) is 15.4. The van der Waals surface area contributed by atoms with Crippen molar-refractivity contribution in [2.24, 2.45) is 28.6 Å². The van der Waals surface area contributed by atoms with Gasteiger partial charge in [0.05, 0.1) is 5.60 Å². The molecule has 0 unspecified atom stereocenters. The smallest absolute Gasteiger partial charge is 0.161 e. The van der Waals surface area contributed by atoms with Gasteiger partial charge in [0.2, 0.25) is 0 Å². The van der Waals surface area contributed by atoms with Crippen LogP contribution < -0.4 is 0 Å². The summed E-state index contributed by atoms with van der Waals surface area (Å²) in [6, 6.07) is 0. The summed E-state index contributed by atoms with van der Waals surface area (Å²) in [7, 11) is 0. The molecule has 6 atom stereocenters. The summed E-state index contributed by atoms with van der Waals surface area (Å²) >= 11 is 0. The molecule has 4 heteroatoms. The van der Waals surface area contributed by atoms with Gasteiger partial charge in [-0.05, 0) is 68.3 Å². The average molecular weight is 346 g/mol. The quantitative estimate of drug-likeness (QED) is 0.806. The predicted octanol–water partition coefficient (Wildman–Crippen LogP) is 2.81. The van der Waals surface area contributed by atoms with E-state index in [1.165, 1.54) is 5.57 Å². The van der Waals surface area contributed by atoms with Crippen molar-refractivity contribution in [1.82, 2.24) is 0 Å². The van der Waals surface area contributed by atoms with Gasteiger partial charge in [0.25, 0.3) is 0 Å². The Morgan fingerprint density at radius 2 is 1.88 bits per heavy atom. The number of hydrogen-bond donors (Lipinski definition) is 2. The maximum Gasteiger partial charge on any atom is 0.161 e. The third-order valence-corrected chi connectivity index (χ3v) is 8.69. The fourth-order valence-electron chi connectivity index (χ4n) is 7.16. The van der Waals surface area contributed by atoms with E-state index in [0.29, 0.717) is 25.2 Å². The third-order valence-electron chi connectivity index (χ3n) is 8.69. The van der Waals surface area contributed by atoms with Crippen molar-refractivity contribution in [3.8, 4) is 0 Å². The number of aliphatic hydroxyl groups is 2. The number of Topliss-reactive ketones (excluding diaryl/α,β-unsaturated/α-hetero) is 1. The van der Waals surface area contributed by atoms with Crippen LogP contribution in [0.2, 0.25) is 0 Å². The van der Waals surface area contributed by atoms with E-state index in [1.807, 2.05) is 6.08 Å². The molecule has 0 aromatic heterocycles. The second kappa shape index (κ2) is 5.50. The van der Waals surface area contributed by atoms with Gasteiger partial charge in [-0.25, -0.2) is 0 Å². The molecule has 0 spiro atoms. The third kappa shape index (κ3) is 2.13. The normalized spacial score (nSPS) is 49.0. The lowest BCUT2D eigenvalue weighted by Gasteiger charge is -2.61. The molecule has 0 saturated heterocycles. The molecule has 4 nitrogen and oxygen atoms in total. The molecule has 0 bridgehead atoms. The number of aliphatic hydroxyl groups excluding tert-OH is 1. The van der Waals surface area contributed by atoms with Gasteiger partial charge in [-0.3, -0.25) is 9.59 Å². The molecular formula is C21H30O4. The molecule has 0 heterocycles. The van der Waals surface area contributed by atoms with Crippen LogP contribution in [0.4, 0.5) is 0 Å². The summed E-state index contributed by atoms with van der Waals surface area (Å²) in [5, 5.41) is 21.2. The number of fused-ring (bicyclic) bond motifs is 5. The number of allylic oxidation sites excluding steroid dienone is 1. The van der Waals surface area contributed by atoms with Gasteiger partial charge in [-0.15, -0.1) is 0 Å². The van der Waals surface area contributed by atoms with Crippen molar-refractivity contribution in [1.29, 1.82) is 0 Å². The summed E-state index contributed by atoms with van der Waals surface area (Å²) in [4.78, 5) is 24.2. The largest absolute Gasteiger partial charge is 0.389 e. The van der Waals surface area contributed by atoms with Gasteiger partial charge < -0.3 is 10.2 Å². The molecular weight excluding hydrogens is 316 g/mol. The van der Waals surface area contributed by atoms with Crippen LogP contribution in [0.1, 0.15) is 65.2 Å². The molecule has 2 N–H and O–H groups in total. The number of hydrogen-bond acceptors (Lipinski definition) is 4. The van der Waals surface area contributed by atoms with Gasteiger partial charge >= 0.3 is 0 Å². The maximum atomic E-state index is 12.3. The zero-order chi connectivity index (χ0) is 18.0. The number of carbonyl (C=O) groups excluding carboxylic acids is 2. The number of rotatable bonds is 2. The SMILES string of the molecule is C[C@]12CCC(=O)C=C1CC[C@H]1[C@H]2CC[C@@]2(C)[C@H](C(=O)CO)CC[C@]12O. The van der Waals surface area contributed by atoms with Crippen molar-refractivity contribution in [2.45, 2.75) is 70.8 Å². The van der Waals surface area contributed by atoms with E-state index < -0.39 is 17.6 Å². The summed E-state index contributed by atoms with van der Waals surface area (Å²) in [5.41, 5.74) is 0.0721. The van der Waals surface area contributed by atoms with Crippen LogP contribution in [0.15, 0.2) is 11.6 Å². The average Bonchev–Trinajstić information content (AvgIpc) is 2.86. The highest BCUT2D eigenvalue weighted by molar-refractivity contribution is 5.91. The molecule has 25 heavy (non-hydrogen) atoms. The van der Waals surface area contributed by atoms with Crippen LogP contribution in [0, 0.1) is 28.6 Å². The van der Waals surface area contributed by atoms with Gasteiger partial charge in [-0.1, -0.05) is 19.4 Å². The molecule has 4 aliphatic carbocycles. The Kier molecular flexibility index (Phi) is 3.83. The Labute approximate surface area is 149 Å². The topological polar surface area (TPSA) is 74.6 Å².